The summed E-state index contributed by atoms with van der Waals surface area (Å²) in [6, 6.07) is 6.99. The van der Waals surface area contributed by atoms with Crippen molar-refractivity contribution in [3.63, 3.8) is 0 Å². The number of fused-ring (bicyclic) bond motifs is 1. The van der Waals surface area contributed by atoms with Crippen LogP contribution >= 0.6 is 0 Å². The van der Waals surface area contributed by atoms with Crippen LogP contribution in [0, 0.1) is 0 Å². The molecule has 0 atom stereocenters. The third kappa shape index (κ3) is 1.55. The molecule has 0 spiro atoms. The van der Waals surface area contributed by atoms with Gasteiger partial charge in [0.2, 0.25) is 0 Å². The number of para-hydroxylation sites is 2. The number of benzene rings is 1. The molecule has 2 aromatic rings. The van der Waals surface area contributed by atoms with E-state index in [9.17, 15) is 9.90 Å². The van der Waals surface area contributed by atoms with Crippen molar-refractivity contribution in [3.8, 4) is 11.4 Å². The molecule has 1 aliphatic heterocycles. The van der Waals surface area contributed by atoms with Crippen LogP contribution < -0.4 is 10.9 Å². The molecule has 0 amide bonds. The van der Waals surface area contributed by atoms with Crippen molar-refractivity contribution < 1.29 is 5.11 Å². The van der Waals surface area contributed by atoms with Crippen molar-refractivity contribution in [1.29, 1.82) is 0 Å². The molecule has 5 heteroatoms. The van der Waals surface area contributed by atoms with Gasteiger partial charge in [-0.3, -0.25) is 14.6 Å². The van der Waals surface area contributed by atoms with Crippen LogP contribution in [0.25, 0.3) is 5.69 Å². The number of hydrogen-bond acceptors (Lipinski definition) is 3. The van der Waals surface area contributed by atoms with Crippen LogP contribution in [0.4, 0.5) is 0 Å². The monoisotopic (exact) mass is 231 g/mol. The van der Waals surface area contributed by atoms with Gasteiger partial charge in [-0.1, -0.05) is 12.1 Å². The third-order valence-corrected chi connectivity index (χ3v) is 3.07. The lowest BCUT2D eigenvalue weighted by molar-refractivity contribution is 0.469. The fourth-order valence-electron chi connectivity index (χ4n) is 2.23. The van der Waals surface area contributed by atoms with Crippen LogP contribution in [-0.4, -0.2) is 21.4 Å². The zero-order valence-electron chi connectivity index (χ0n) is 9.23. The van der Waals surface area contributed by atoms with E-state index < -0.39 is 0 Å². The molecule has 2 heterocycles. The molecule has 1 aromatic carbocycles. The van der Waals surface area contributed by atoms with Gasteiger partial charge in [0.1, 0.15) is 11.4 Å². The molecule has 0 bridgehead atoms. The van der Waals surface area contributed by atoms with Crippen molar-refractivity contribution in [3.05, 3.63) is 45.9 Å². The maximum Gasteiger partial charge on any atom is 0.269 e. The van der Waals surface area contributed by atoms with E-state index in [0.717, 1.165) is 24.2 Å². The lowest BCUT2D eigenvalue weighted by Gasteiger charge is -2.15. The number of aromatic nitrogens is 2. The Kier molecular flexibility index (Phi) is 2.26. The lowest BCUT2D eigenvalue weighted by Crippen LogP contribution is -2.26. The van der Waals surface area contributed by atoms with Gasteiger partial charge < -0.3 is 10.4 Å². The second-order valence-electron chi connectivity index (χ2n) is 4.12. The van der Waals surface area contributed by atoms with E-state index in [1.807, 2.05) is 6.07 Å². The lowest BCUT2D eigenvalue weighted by atomic mass is 10.1. The summed E-state index contributed by atoms with van der Waals surface area (Å²) in [4.78, 5) is 11.8. The standard InChI is InChI=1S/C12H13N3O2/c16-11-4-2-1-3-10(11)15-9-5-6-13-7-8(9)12(17)14-15/h1-4,13,16H,5-7H2,(H,14,17). The van der Waals surface area contributed by atoms with Crippen LogP contribution in [0.5, 0.6) is 5.75 Å². The normalized spacial score (nSPS) is 14.6. The summed E-state index contributed by atoms with van der Waals surface area (Å²) in [5.41, 5.74) is 2.25. The Balaban J connectivity index is 2.22. The van der Waals surface area contributed by atoms with Gasteiger partial charge in [0.25, 0.3) is 5.56 Å². The largest absolute Gasteiger partial charge is 0.506 e. The quantitative estimate of drug-likeness (QED) is 0.670. The van der Waals surface area contributed by atoms with Crippen molar-refractivity contribution in [2.45, 2.75) is 13.0 Å². The SMILES string of the molecule is O=c1[nH]n(-c2ccccc2O)c2c1CNCC2. The zero-order valence-corrected chi connectivity index (χ0v) is 9.23. The summed E-state index contributed by atoms with van der Waals surface area (Å²) in [6.45, 7) is 1.43. The van der Waals surface area contributed by atoms with Gasteiger partial charge in [0, 0.05) is 19.5 Å². The fraction of sp³-hybridized carbons (Fsp3) is 0.250. The highest BCUT2D eigenvalue weighted by molar-refractivity contribution is 5.46. The number of aromatic amines is 1. The third-order valence-electron chi connectivity index (χ3n) is 3.07. The zero-order chi connectivity index (χ0) is 11.8. The predicted octanol–water partition coefficient (Wildman–Crippen LogP) is 0.517. The number of nitrogens with one attached hydrogen (secondary N) is 2. The molecule has 17 heavy (non-hydrogen) atoms. The van der Waals surface area contributed by atoms with Crippen LogP contribution in [0.1, 0.15) is 11.3 Å². The second kappa shape index (κ2) is 3.78. The van der Waals surface area contributed by atoms with Gasteiger partial charge in [-0.15, -0.1) is 0 Å². The number of nitrogens with zero attached hydrogens (tertiary/aromatic N) is 1. The first-order valence-corrected chi connectivity index (χ1v) is 5.59. The van der Waals surface area contributed by atoms with Gasteiger partial charge in [-0.25, -0.2) is 0 Å². The van der Waals surface area contributed by atoms with Gasteiger partial charge in [-0.2, -0.15) is 0 Å². The highest BCUT2D eigenvalue weighted by Gasteiger charge is 2.19. The molecule has 1 aliphatic rings. The van der Waals surface area contributed by atoms with E-state index >= 15 is 0 Å². The number of rotatable bonds is 1. The number of phenols is 1. The molecule has 0 saturated heterocycles. The molecule has 0 radical (unpaired) electrons. The summed E-state index contributed by atoms with van der Waals surface area (Å²) in [6.07, 6.45) is 0.780. The molecule has 88 valence electrons. The number of phenolic OH excluding ortho intramolecular Hbond substituents is 1. The van der Waals surface area contributed by atoms with Gasteiger partial charge in [0.05, 0.1) is 11.3 Å². The van der Waals surface area contributed by atoms with Gasteiger partial charge in [-0.05, 0) is 12.1 Å². The molecular formula is C12H13N3O2. The van der Waals surface area contributed by atoms with Crippen LogP contribution in [0.3, 0.4) is 0 Å². The molecule has 0 aliphatic carbocycles. The second-order valence-corrected chi connectivity index (χ2v) is 4.12. The smallest absolute Gasteiger partial charge is 0.269 e. The minimum absolute atomic E-state index is 0.0875. The highest BCUT2D eigenvalue weighted by atomic mass is 16.3. The molecular weight excluding hydrogens is 218 g/mol. The van der Waals surface area contributed by atoms with E-state index in [1.54, 1.807) is 22.9 Å². The molecule has 0 unspecified atom stereocenters. The molecule has 3 rings (SSSR count). The molecule has 3 N–H and O–H groups in total. The summed E-state index contributed by atoms with van der Waals surface area (Å²) >= 11 is 0. The Labute approximate surface area is 97.7 Å². The van der Waals surface area contributed by atoms with E-state index in [0.29, 0.717) is 12.2 Å². The summed E-state index contributed by atoms with van der Waals surface area (Å²) in [7, 11) is 0. The van der Waals surface area contributed by atoms with Crippen molar-refractivity contribution in [1.82, 2.24) is 15.1 Å². The van der Waals surface area contributed by atoms with E-state index in [-0.39, 0.29) is 11.3 Å². The number of hydrogen-bond donors (Lipinski definition) is 3. The molecule has 1 aromatic heterocycles. The van der Waals surface area contributed by atoms with E-state index in [1.165, 1.54) is 0 Å². The Morgan fingerprint density at radius 1 is 1.29 bits per heavy atom. The molecule has 0 fully saturated rings. The number of aromatic hydroxyl groups is 1. The number of H-pyrrole nitrogens is 1. The molecule has 5 nitrogen and oxygen atoms in total. The summed E-state index contributed by atoms with van der Waals surface area (Å²) < 4.78 is 1.69. The van der Waals surface area contributed by atoms with E-state index in [2.05, 4.69) is 10.4 Å². The average Bonchev–Trinajstić information content (AvgIpc) is 2.68. The van der Waals surface area contributed by atoms with Crippen LogP contribution in [0.15, 0.2) is 29.1 Å². The average molecular weight is 231 g/mol. The Hall–Kier alpha value is -2.01. The van der Waals surface area contributed by atoms with E-state index in [4.69, 9.17) is 0 Å². The predicted molar refractivity (Wildman–Crippen MR) is 63.5 cm³/mol. The minimum atomic E-state index is -0.0875. The van der Waals surface area contributed by atoms with Crippen LogP contribution in [0.2, 0.25) is 0 Å². The maximum atomic E-state index is 11.8. The Bertz CT molecular complexity index is 612. The van der Waals surface area contributed by atoms with Crippen molar-refractivity contribution >= 4 is 0 Å². The first kappa shape index (κ1) is 10.2. The maximum absolute atomic E-state index is 11.8. The van der Waals surface area contributed by atoms with Crippen molar-refractivity contribution in [2.24, 2.45) is 0 Å². The minimum Gasteiger partial charge on any atom is -0.506 e. The first-order valence-electron chi connectivity index (χ1n) is 5.59. The van der Waals surface area contributed by atoms with Crippen molar-refractivity contribution in [2.75, 3.05) is 6.54 Å². The van der Waals surface area contributed by atoms with Gasteiger partial charge in [0.15, 0.2) is 0 Å². The van der Waals surface area contributed by atoms with Gasteiger partial charge >= 0.3 is 0 Å². The topological polar surface area (TPSA) is 70.0 Å². The molecule has 0 saturated carbocycles. The highest BCUT2D eigenvalue weighted by Crippen LogP contribution is 2.22. The Morgan fingerprint density at radius 2 is 2.12 bits per heavy atom. The Morgan fingerprint density at radius 3 is 2.94 bits per heavy atom. The fourth-order valence-corrected chi connectivity index (χ4v) is 2.23. The summed E-state index contributed by atoms with van der Waals surface area (Å²) in [5, 5.41) is 15.8. The van der Waals surface area contributed by atoms with Crippen LogP contribution in [-0.2, 0) is 13.0 Å². The first-order chi connectivity index (χ1) is 8.27. The summed E-state index contributed by atoms with van der Waals surface area (Å²) in [5.74, 6) is 0.167.